The van der Waals surface area contributed by atoms with Crippen molar-refractivity contribution in [1.82, 2.24) is 15.1 Å². The lowest BCUT2D eigenvalue weighted by molar-refractivity contribution is -0.121. The average molecular weight is 374 g/mol. The zero-order valence-corrected chi connectivity index (χ0v) is 16.5. The maximum Gasteiger partial charge on any atom is 0.254 e. The van der Waals surface area contributed by atoms with Crippen LogP contribution in [-0.2, 0) is 4.79 Å². The van der Waals surface area contributed by atoms with Crippen molar-refractivity contribution in [2.75, 3.05) is 33.2 Å². The summed E-state index contributed by atoms with van der Waals surface area (Å²) in [6.45, 7) is 6.65. The summed E-state index contributed by atoms with van der Waals surface area (Å²) in [4.78, 5) is 28.5. The van der Waals surface area contributed by atoms with Gasteiger partial charge in [0.2, 0.25) is 5.91 Å². The molecule has 2 rings (SSSR count). The van der Waals surface area contributed by atoms with Crippen LogP contribution in [0, 0.1) is 0 Å². The van der Waals surface area contributed by atoms with Gasteiger partial charge < -0.3 is 10.2 Å². The van der Waals surface area contributed by atoms with Crippen LogP contribution in [-0.4, -0.2) is 54.8 Å². The second kappa shape index (κ2) is 10.1. The molecule has 140 valence electrons. The number of carbonyl (C=O) groups excluding carboxylic acids is 2. The smallest absolute Gasteiger partial charge is 0.254 e. The maximum atomic E-state index is 12.3. The molecule has 0 spiro atoms. The maximum absolute atomic E-state index is 12.3. The molecule has 0 aliphatic carbocycles. The van der Waals surface area contributed by atoms with Gasteiger partial charge in [0, 0.05) is 19.2 Å². The van der Waals surface area contributed by atoms with Gasteiger partial charge in [-0.1, -0.05) is 32.0 Å². The van der Waals surface area contributed by atoms with Crippen LogP contribution in [0.1, 0.15) is 35.8 Å². The first-order valence-electron chi connectivity index (χ1n) is 8.90. The molecule has 0 radical (unpaired) electrons. The fourth-order valence-corrected chi connectivity index (χ4v) is 3.65. The normalized spacial score (nSPS) is 12.0. The number of likely N-dealkylation sites (N-methyl/N-ethyl adjacent to an activating group) is 2. The highest BCUT2D eigenvalue weighted by molar-refractivity contribution is 7.07. The zero-order chi connectivity index (χ0) is 18.9. The van der Waals surface area contributed by atoms with E-state index >= 15 is 0 Å². The Labute approximate surface area is 159 Å². The third kappa shape index (κ3) is 5.41. The summed E-state index contributed by atoms with van der Waals surface area (Å²) in [6, 6.07) is 11.3. The number of rotatable bonds is 9. The molecule has 2 amide bonds. The monoisotopic (exact) mass is 373 g/mol. The molecule has 0 saturated heterocycles. The van der Waals surface area contributed by atoms with E-state index in [-0.39, 0.29) is 24.4 Å². The minimum absolute atomic E-state index is 0.0440. The van der Waals surface area contributed by atoms with Gasteiger partial charge in [0.05, 0.1) is 12.6 Å². The van der Waals surface area contributed by atoms with Crippen molar-refractivity contribution in [3.8, 4) is 0 Å². The van der Waals surface area contributed by atoms with Gasteiger partial charge in [0.15, 0.2) is 0 Å². The summed E-state index contributed by atoms with van der Waals surface area (Å²) in [5.74, 6) is -0.303. The number of amides is 2. The van der Waals surface area contributed by atoms with E-state index in [4.69, 9.17) is 0 Å². The van der Waals surface area contributed by atoms with E-state index in [1.807, 2.05) is 18.2 Å². The lowest BCUT2D eigenvalue weighted by atomic mass is 10.1. The molecule has 1 atom stereocenters. The summed E-state index contributed by atoms with van der Waals surface area (Å²) in [7, 11) is 1.65. The molecule has 5 nitrogen and oxygen atoms in total. The number of carbonyl (C=O) groups is 2. The van der Waals surface area contributed by atoms with Crippen LogP contribution >= 0.6 is 11.3 Å². The van der Waals surface area contributed by atoms with Crippen molar-refractivity contribution in [2.45, 2.75) is 19.9 Å². The minimum Gasteiger partial charge on any atom is -0.353 e. The lowest BCUT2D eigenvalue weighted by Gasteiger charge is -2.29. The third-order valence-corrected chi connectivity index (χ3v) is 5.12. The van der Waals surface area contributed by atoms with E-state index < -0.39 is 0 Å². The Morgan fingerprint density at radius 2 is 1.81 bits per heavy atom. The molecule has 26 heavy (non-hydrogen) atoms. The van der Waals surface area contributed by atoms with E-state index in [9.17, 15) is 9.59 Å². The number of hydrogen-bond donors (Lipinski definition) is 1. The van der Waals surface area contributed by atoms with Gasteiger partial charge in [-0.05, 0) is 47.6 Å². The van der Waals surface area contributed by atoms with Gasteiger partial charge in [-0.15, -0.1) is 0 Å². The number of hydrogen-bond acceptors (Lipinski definition) is 4. The first-order valence-corrected chi connectivity index (χ1v) is 9.84. The van der Waals surface area contributed by atoms with E-state index in [2.05, 4.69) is 40.9 Å². The molecule has 1 N–H and O–H groups in total. The minimum atomic E-state index is -0.154. The van der Waals surface area contributed by atoms with Gasteiger partial charge in [0.25, 0.3) is 5.91 Å². The fraction of sp³-hybridized carbons (Fsp3) is 0.400. The second-order valence-corrected chi connectivity index (χ2v) is 6.91. The Balaban J connectivity index is 1.92. The molecule has 0 saturated carbocycles. The van der Waals surface area contributed by atoms with E-state index in [0.29, 0.717) is 12.1 Å². The molecule has 6 heteroatoms. The number of nitrogens with zero attached hydrogens (tertiary/aromatic N) is 2. The fourth-order valence-electron chi connectivity index (χ4n) is 2.94. The molecule has 1 aromatic heterocycles. The average Bonchev–Trinajstić information content (AvgIpc) is 3.19. The van der Waals surface area contributed by atoms with Gasteiger partial charge in [-0.25, -0.2) is 0 Å². The van der Waals surface area contributed by atoms with Crippen LogP contribution < -0.4 is 5.32 Å². The predicted molar refractivity (Wildman–Crippen MR) is 106 cm³/mol. The van der Waals surface area contributed by atoms with Gasteiger partial charge >= 0.3 is 0 Å². The van der Waals surface area contributed by atoms with Crippen molar-refractivity contribution in [2.24, 2.45) is 0 Å². The molecule has 0 bridgehead atoms. The molecule has 0 aliphatic heterocycles. The van der Waals surface area contributed by atoms with Crippen molar-refractivity contribution >= 4 is 23.2 Å². The lowest BCUT2D eigenvalue weighted by Crippen LogP contribution is -2.42. The number of nitrogens with one attached hydrogen (secondary N) is 1. The molecule has 1 aromatic carbocycles. The Morgan fingerprint density at radius 1 is 1.12 bits per heavy atom. The van der Waals surface area contributed by atoms with Crippen molar-refractivity contribution < 1.29 is 9.59 Å². The highest BCUT2D eigenvalue weighted by Crippen LogP contribution is 2.22. The van der Waals surface area contributed by atoms with Gasteiger partial charge in [0.1, 0.15) is 0 Å². The highest BCUT2D eigenvalue weighted by atomic mass is 32.1. The molecule has 2 aromatic rings. The quantitative estimate of drug-likeness (QED) is 0.735. The number of benzene rings is 1. The molecule has 1 unspecified atom stereocenters. The van der Waals surface area contributed by atoms with E-state index in [1.165, 1.54) is 10.5 Å². The largest absolute Gasteiger partial charge is 0.353 e. The van der Waals surface area contributed by atoms with Crippen LogP contribution in [0.3, 0.4) is 0 Å². The molecular weight excluding hydrogens is 346 g/mol. The van der Waals surface area contributed by atoms with Crippen LogP contribution in [0.15, 0.2) is 47.2 Å². The zero-order valence-electron chi connectivity index (χ0n) is 15.6. The third-order valence-electron chi connectivity index (χ3n) is 4.42. The molecule has 1 heterocycles. The Hall–Kier alpha value is -2.18. The van der Waals surface area contributed by atoms with Crippen molar-refractivity contribution in [1.29, 1.82) is 0 Å². The van der Waals surface area contributed by atoms with Crippen LogP contribution in [0.2, 0.25) is 0 Å². The van der Waals surface area contributed by atoms with E-state index in [1.54, 1.807) is 30.5 Å². The first kappa shape index (κ1) is 20.1. The van der Waals surface area contributed by atoms with Crippen LogP contribution in [0.25, 0.3) is 0 Å². The summed E-state index contributed by atoms with van der Waals surface area (Å²) in [6.07, 6.45) is 0. The first-order chi connectivity index (χ1) is 12.6. The summed E-state index contributed by atoms with van der Waals surface area (Å²) in [5.41, 5.74) is 1.80. The summed E-state index contributed by atoms with van der Waals surface area (Å²) >= 11 is 1.66. The van der Waals surface area contributed by atoms with Crippen molar-refractivity contribution in [3.63, 3.8) is 0 Å². The Morgan fingerprint density at radius 3 is 2.38 bits per heavy atom. The standard InChI is InChI=1S/C20H27N3O2S/c1-4-23(5-2)18(17-11-12-26-15-17)13-21-19(24)14-22(3)20(25)16-9-7-6-8-10-16/h6-12,15,18H,4-5,13-14H2,1-3H3,(H,21,24). The second-order valence-electron chi connectivity index (χ2n) is 6.13. The highest BCUT2D eigenvalue weighted by Gasteiger charge is 2.20. The van der Waals surface area contributed by atoms with Crippen molar-refractivity contribution in [3.05, 3.63) is 58.3 Å². The molecule has 0 fully saturated rings. The number of thiophene rings is 1. The van der Waals surface area contributed by atoms with E-state index in [0.717, 1.165) is 13.1 Å². The molecule has 0 aliphatic rings. The SMILES string of the molecule is CCN(CC)C(CNC(=O)CN(C)C(=O)c1ccccc1)c1ccsc1. The molecular formula is C20H27N3O2S. The Bertz CT molecular complexity index is 684. The summed E-state index contributed by atoms with van der Waals surface area (Å²) in [5, 5.41) is 7.17. The summed E-state index contributed by atoms with van der Waals surface area (Å²) < 4.78 is 0. The topological polar surface area (TPSA) is 52.7 Å². The van der Waals surface area contributed by atoms with Gasteiger partial charge in [-0.3, -0.25) is 14.5 Å². The van der Waals surface area contributed by atoms with Gasteiger partial charge in [-0.2, -0.15) is 11.3 Å². The van der Waals surface area contributed by atoms with Crippen LogP contribution in [0.4, 0.5) is 0 Å². The Kier molecular flexibility index (Phi) is 7.81. The van der Waals surface area contributed by atoms with Crippen LogP contribution in [0.5, 0.6) is 0 Å². The predicted octanol–water partition coefficient (Wildman–Crippen LogP) is 3.02.